The Labute approximate surface area is 213 Å². The first kappa shape index (κ1) is 26.6. The molecular formula is C26H30BrNO7. The molecule has 1 aliphatic rings. The predicted octanol–water partition coefficient (Wildman–Crippen LogP) is 4.57. The number of carbonyl (C=O) groups excluding carboxylic acids is 2. The van der Waals surface area contributed by atoms with E-state index in [1.54, 1.807) is 43.5 Å². The van der Waals surface area contributed by atoms with E-state index in [2.05, 4.69) is 15.9 Å². The number of likely N-dealkylation sites (tertiary alicyclic amines) is 1. The molecule has 0 spiro atoms. The molecular weight excluding hydrogens is 518 g/mol. The fraction of sp³-hybridized carbons (Fsp3) is 0.385. The second kappa shape index (κ2) is 11.6. The normalized spacial score (nSPS) is 17.2. The van der Waals surface area contributed by atoms with Gasteiger partial charge in [0.15, 0.2) is 11.5 Å². The van der Waals surface area contributed by atoms with Crippen LogP contribution in [0.15, 0.2) is 46.4 Å². The van der Waals surface area contributed by atoms with Crippen molar-refractivity contribution in [2.45, 2.75) is 19.9 Å². The molecule has 3 rings (SSSR count). The highest BCUT2D eigenvalue weighted by atomic mass is 79.9. The standard InChI is InChI=1S/C26H30BrNO7/c1-15(2)14-35-21-13-16(6-9-20(21)34-5)23-22(25(30)26(31)28(23)10-11-32-3)24(29)17-7-8-19(33-4)18(27)12-17/h6-9,12-13,15,23,29H,10-11,14H2,1-5H3/b24-22-. The average Bonchev–Trinajstić information content (AvgIpc) is 3.10. The third-order valence-electron chi connectivity index (χ3n) is 5.58. The van der Waals surface area contributed by atoms with Gasteiger partial charge in [-0.15, -0.1) is 0 Å². The molecule has 188 valence electrons. The van der Waals surface area contributed by atoms with Gasteiger partial charge in [0.25, 0.3) is 11.7 Å². The quantitative estimate of drug-likeness (QED) is 0.264. The summed E-state index contributed by atoms with van der Waals surface area (Å²) in [5.41, 5.74) is 0.967. The zero-order valence-corrected chi connectivity index (χ0v) is 22.0. The first-order chi connectivity index (χ1) is 16.7. The number of methoxy groups -OCH3 is 3. The molecule has 8 nitrogen and oxygen atoms in total. The molecule has 35 heavy (non-hydrogen) atoms. The van der Waals surface area contributed by atoms with Crippen LogP contribution in [-0.4, -0.2) is 62.8 Å². The number of hydrogen-bond donors (Lipinski definition) is 1. The maximum Gasteiger partial charge on any atom is 0.295 e. The van der Waals surface area contributed by atoms with Crippen molar-refractivity contribution in [2.75, 3.05) is 41.1 Å². The lowest BCUT2D eigenvalue weighted by Gasteiger charge is -2.26. The van der Waals surface area contributed by atoms with Crippen molar-refractivity contribution in [3.8, 4) is 17.2 Å². The molecule has 1 aliphatic heterocycles. The second-order valence-electron chi connectivity index (χ2n) is 8.45. The number of aliphatic hydroxyl groups is 1. The van der Waals surface area contributed by atoms with Crippen LogP contribution in [-0.2, 0) is 14.3 Å². The maximum absolute atomic E-state index is 13.2. The van der Waals surface area contributed by atoms with E-state index in [4.69, 9.17) is 18.9 Å². The zero-order chi connectivity index (χ0) is 25.7. The highest BCUT2D eigenvalue weighted by Crippen LogP contribution is 2.42. The van der Waals surface area contributed by atoms with E-state index < -0.39 is 17.7 Å². The van der Waals surface area contributed by atoms with E-state index in [0.717, 1.165) is 0 Å². The van der Waals surface area contributed by atoms with Gasteiger partial charge >= 0.3 is 0 Å². The fourth-order valence-corrected chi connectivity index (χ4v) is 4.39. The highest BCUT2D eigenvalue weighted by Gasteiger charge is 2.46. The Morgan fingerprint density at radius 1 is 1.03 bits per heavy atom. The minimum Gasteiger partial charge on any atom is -0.507 e. The van der Waals surface area contributed by atoms with Crippen LogP contribution in [0.5, 0.6) is 17.2 Å². The Hall–Kier alpha value is -3.04. The number of halogens is 1. The summed E-state index contributed by atoms with van der Waals surface area (Å²) >= 11 is 3.40. The van der Waals surface area contributed by atoms with Crippen LogP contribution in [0, 0.1) is 5.92 Å². The van der Waals surface area contributed by atoms with E-state index in [1.807, 2.05) is 13.8 Å². The first-order valence-corrected chi connectivity index (χ1v) is 11.9. The number of amides is 1. The van der Waals surface area contributed by atoms with Crippen molar-refractivity contribution >= 4 is 33.4 Å². The van der Waals surface area contributed by atoms with E-state index in [-0.39, 0.29) is 30.4 Å². The van der Waals surface area contributed by atoms with Crippen molar-refractivity contribution in [1.82, 2.24) is 4.90 Å². The summed E-state index contributed by atoms with van der Waals surface area (Å²) in [6.45, 7) is 4.92. The van der Waals surface area contributed by atoms with E-state index in [0.29, 0.717) is 39.5 Å². The number of nitrogens with zero attached hydrogens (tertiary/aromatic N) is 1. The second-order valence-corrected chi connectivity index (χ2v) is 9.30. The number of ether oxygens (including phenoxy) is 4. The molecule has 2 aromatic carbocycles. The van der Waals surface area contributed by atoms with E-state index in [9.17, 15) is 14.7 Å². The Morgan fingerprint density at radius 2 is 1.71 bits per heavy atom. The first-order valence-electron chi connectivity index (χ1n) is 11.1. The smallest absolute Gasteiger partial charge is 0.295 e. The third-order valence-corrected chi connectivity index (χ3v) is 6.20. The molecule has 2 aromatic rings. The summed E-state index contributed by atoms with van der Waals surface area (Å²) in [6, 6.07) is 9.33. The Morgan fingerprint density at radius 3 is 2.31 bits per heavy atom. The Kier molecular flexibility index (Phi) is 8.80. The van der Waals surface area contributed by atoms with Crippen LogP contribution < -0.4 is 14.2 Å². The summed E-state index contributed by atoms with van der Waals surface area (Å²) in [7, 11) is 4.60. The van der Waals surface area contributed by atoms with Gasteiger partial charge in [-0.2, -0.15) is 0 Å². The molecule has 9 heteroatoms. The van der Waals surface area contributed by atoms with Crippen molar-refractivity contribution in [3.63, 3.8) is 0 Å². The molecule has 1 amide bonds. The molecule has 0 radical (unpaired) electrons. The molecule has 0 aliphatic carbocycles. The molecule has 1 fully saturated rings. The van der Waals surface area contributed by atoms with Crippen LogP contribution in [0.1, 0.15) is 31.0 Å². The van der Waals surface area contributed by atoms with Crippen molar-refractivity contribution in [3.05, 3.63) is 57.6 Å². The van der Waals surface area contributed by atoms with Gasteiger partial charge in [-0.3, -0.25) is 9.59 Å². The molecule has 1 N–H and O–H groups in total. The predicted molar refractivity (Wildman–Crippen MR) is 135 cm³/mol. The summed E-state index contributed by atoms with van der Waals surface area (Å²) in [5, 5.41) is 11.2. The third kappa shape index (κ3) is 5.62. The number of hydrogen-bond acceptors (Lipinski definition) is 7. The van der Waals surface area contributed by atoms with Crippen LogP contribution in [0.2, 0.25) is 0 Å². The summed E-state index contributed by atoms with van der Waals surface area (Å²) < 4.78 is 22.4. The number of rotatable bonds is 10. The van der Waals surface area contributed by atoms with Gasteiger partial charge in [-0.05, 0) is 57.7 Å². The fourth-order valence-electron chi connectivity index (χ4n) is 3.85. The molecule has 0 bridgehead atoms. The monoisotopic (exact) mass is 547 g/mol. The van der Waals surface area contributed by atoms with Gasteiger partial charge in [-0.25, -0.2) is 0 Å². The lowest BCUT2D eigenvalue weighted by molar-refractivity contribution is -0.140. The lowest BCUT2D eigenvalue weighted by Crippen LogP contribution is -2.32. The highest BCUT2D eigenvalue weighted by molar-refractivity contribution is 9.10. The van der Waals surface area contributed by atoms with Crippen LogP contribution >= 0.6 is 15.9 Å². The summed E-state index contributed by atoms with van der Waals surface area (Å²) in [6.07, 6.45) is 0. The molecule has 0 aromatic heterocycles. The lowest BCUT2D eigenvalue weighted by atomic mass is 9.95. The average molecular weight is 548 g/mol. The van der Waals surface area contributed by atoms with Crippen LogP contribution in [0.25, 0.3) is 5.76 Å². The van der Waals surface area contributed by atoms with E-state index >= 15 is 0 Å². The molecule has 1 saturated heterocycles. The van der Waals surface area contributed by atoms with Gasteiger partial charge in [-0.1, -0.05) is 19.9 Å². The Balaban J connectivity index is 2.17. The van der Waals surface area contributed by atoms with Gasteiger partial charge in [0.1, 0.15) is 11.5 Å². The van der Waals surface area contributed by atoms with Crippen molar-refractivity contribution in [2.24, 2.45) is 5.92 Å². The summed E-state index contributed by atoms with van der Waals surface area (Å²) in [5.74, 6) is 0.116. The molecule has 1 heterocycles. The van der Waals surface area contributed by atoms with Gasteiger partial charge in [0.05, 0.1) is 43.5 Å². The number of aliphatic hydroxyl groups excluding tert-OH is 1. The molecule has 1 unspecified atom stereocenters. The van der Waals surface area contributed by atoms with Crippen LogP contribution in [0.3, 0.4) is 0 Å². The zero-order valence-electron chi connectivity index (χ0n) is 20.5. The largest absolute Gasteiger partial charge is 0.507 e. The van der Waals surface area contributed by atoms with Gasteiger partial charge in [0, 0.05) is 19.2 Å². The van der Waals surface area contributed by atoms with Gasteiger partial charge < -0.3 is 29.0 Å². The molecule has 0 saturated carbocycles. The topological polar surface area (TPSA) is 94.5 Å². The number of Topliss-reactive ketones (excluding diaryl/α,β-unsaturated/α-hetero) is 1. The van der Waals surface area contributed by atoms with Crippen molar-refractivity contribution in [1.29, 1.82) is 0 Å². The summed E-state index contributed by atoms with van der Waals surface area (Å²) in [4.78, 5) is 27.6. The minimum atomic E-state index is -0.835. The van der Waals surface area contributed by atoms with Crippen molar-refractivity contribution < 1.29 is 33.6 Å². The van der Waals surface area contributed by atoms with E-state index in [1.165, 1.54) is 19.1 Å². The Bertz CT molecular complexity index is 1130. The maximum atomic E-state index is 13.2. The molecule has 1 atom stereocenters. The van der Waals surface area contributed by atoms with Gasteiger partial charge in [0.2, 0.25) is 0 Å². The number of ketones is 1. The van der Waals surface area contributed by atoms with Crippen LogP contribution in [0.4, 0.5) is 0 Å². The number of carbonyl (C=O) groups is 2. The number of benzene rings is 2. The minimum absolute atomic E-state index is 0.0110. The SMILES string of the molecule is COCCN1C(=O)C(=O)/C(=C(\O)c2ccc(OC)c(Br)c2)C1c1ccc(OC)c(OCC(C)C)c1.